The Kier molecular flexibility index (Phi) is 5.19. The van der Waals surface area contributed by atoms with Crippen LogP contribution in [0.5, 0.6) is 0 Å². The van der Waals surface area contributed by atoms with Crippen molar-refractivity contribution >= 4 is 12.4 Å². The van der Waals surface area contributed by atoms with E-state index in [0.29, 0.717) is 5.92 Å². The van der Waals surface area contributed by atoms with Gasteiger partial charge in [0, 0.05) is 5.92 Å². The Balaban J connectivity index is 0.00000133. The van der Waals surface area contributed by atoms with Gasteiger partial charge in [-0.05, 0) is 58.3 Å². The molecule has 1 N–H and O–H groups in total. The number of hydrogen-bond acceptors (Lipinski definition) is 5. The van der Waals surface area contributed by atoms with E-state index in [2.05, 4.69) is 20.4 Å². The maximum Gasteiger partial charge on any atom is 0.229 e. The van der Waals surface area contributed by atoms with Crippen LogP contribution in [0.1, 0.15) is 43.3 Å². The molecule has 0 bridgehead atoms. The minimum Gasteiger partial charge on any atom is -0.339 e. The average molecular weight is 287 g/mol. The van der Waals surface area contributed by atoms with Crippen LogP contribution >= 0.6 is 12.4 Å². The Hall–Kier alpha value is -0.650. The molecule has 2 heterocycles. The molecule has 108 valence electrons. The van der Waals surface area contributed by atoms with E-state index >= 15 is 0 Å². The zero-order valence-electron chi connectivity index (χ0n) is 11.5. The third-order valence-corrected chi connectivity index (χ3v) is 3.98. The highest BCUT2D eigenvalue weighted by Gasteiger charge is 2.30. The fraction of sp³-hybridized carbons (Fsp3) is 0.846. The summed E-state index contributed by atoms with van der Waals surface area (Å²) in [5, 5.41) is 7.35. The van der Waals surface area contributed by atoms with E-state index in [1.807, 2.05) is 7.05 Å². The number of nitrogens with zero attached hydrogens (tertiary/aromatic N) is 3. The topological polar surface area (TPSA) is 54.2 Å². The fourth-order valence-corrected chi connectivity index (χ4v) is 2.67. The van der Waals surface area contributed by atoms with Crippen molar-refractivity contribution in [3.05, 3.63) is 11.7 Å². The summed E-state index contributed by atoms with van der Waals surface area (Å²) in [5.41, 5.74) is 0. The van der Waals surface area contributed by atoms with Gasteiger partial charge in [0.1, 0.15) is 0 Å². The summed E-state index contributed by atoms with van der Waals surface area (Å²) in [5.74, 6) is 3.12. The van der Waals surface area contributed by atoms with Crippen LogP contribution in [0.4, 0.5) is 0 Å². The lowest BCUT2D eigenvalue weighted by Gasteiger charge is -2.30. The van der Waals surface area contributed by atoms with Gasteiger partial charge in [-0.3, -0.25) is 4.90 Å². The SMILES string of the molecule is CNCC1CCN(Cc2noc(C3CC3)n2)CC1.Cl. The molecule has 0 aromatic carbocycles. The van der Waals surface area contributed by atoms with Crippen molar-refractivity contribution in [2.45, 2.75) is 38.1 Å². The van der Waals surface area contributed by atoms with Crippen LogP contribution in [0.25, 0.3) is 0 Å². The predicted octanol–water partition coefficient (Wildman–Crippen LogP) is 1.80. The first-order valence-corrected chi connectivity index (χ1v) is 7.04. The summed E-state index contributed by atoms with van der Waals surface area (Å²) >= 11 is 0. The van der Waals surface area contributed by atoms with E-state index in [0.717, 1.165) is 43.8 Å². The third kappa shape index (κ3) is 3.91. The fourth-order valence-electron chi connectivity index (χ4n) is 2.67. The molecule has 0 amide bonds. The molecule has 19 heavy (non-hydrogen) atoms. The Labute approximate surface area is 120 Å². The molecule has 1 aliphatic carbocycles. The lowest BCUT2D eigenvalue weighted by molar-refractivity contribution is 0.171. The minimum absolute atomic E-state index is 0. The van der Waals surface area contributed by atoms with Crippen LogP contribution in [-0.4, -0.2) is 41.7 Å². The van der Waals surface area contributed by atoms with Gasteiger partial charge in [0.05, 0.1) is 6.54 Å². The molecule has 2 fully saturated rings. The molecule has 1 aromatic rings. The van der Waals surface area contributed by atoms with Gasteiger partial charge in [-0.2, -0.15) is 4.98 Å². The lowest BCUT2D eigenvalue weighted by atomic mass is 9.97. The molecule has 1 aromatic heterocycles. The molecule has 1 saturated heterocycles. The molecule has 3 rings (SSSR count). The van der Waals surface area contributed by atoms with Crippen molar-refractivity contribution in [3.8, 4) is 0 Å². The van der Waals surface area contributed by atoms with E-state index in [4.69, 9.17) is 4.52 Å². The van der Waals surface area contributed by atoms with Gasteiger partial charge in [-0.15, -0.1) is 12.4 Å². The van der Waals surface area contributed by atoms with Crippen LogP contribution in [0, 0.1) is 5.92 Å². The minimum atomic E-state index is 0. The number of piperidine rings is 1. The first-order chi connectivity index (χ1) is 8.85. The number of rotatable bonds is 5. The van der Waals surface area contributed by atoms with Crippen molar-refractivity contribution in [1.29, 1.82) is 0 Å². The number of nitrogens with one attached hydrogen (secondary N) is 1. The maximum atomic E-state index is 5.29. The molecule has 5 nitrogen and oxygen atoms in total. The number of hydrogen-bond donors (Lipinski definition) is 1. The van der Waals surface area contributed by atoms with Crippen molar-refractivity contribution in [1.82, 2.24) is 20.4 Å². The van der Waals surface area contributed by atoms with E-state index < -0.39 is 0 Å². The molecule has 0 spiro atoms. The van der Waals surface area contributed by atoms with Gasteiger partial charge in [-0.25, -0.2) is 0 Å². The van der Waals surface area contributed by atoms with Crippen LogP contribution < -0.4 is 5.32 Å². The molecule has 2 aliphatic rings. The predicted molar refractivity (Wildman–Crippen MR) is 75.4 cm³/mol. The van der Waals surface area contributed by atoms with E-state index in [9.17, 15) is 0 Å². The first kappa shape index (κ1) is 14.8. The highest BCUT2D eigenvalue weighted by molar-refractivity contribution is 5.85. The van der Waals surface area contributed by atoms with E-state index in [1.165, 1.54) is 25.7 Å². The van der Waals surface area contributed by atoms with Crippen molar-refractivity contribution in [2.75, 3.05) is 26.7 Å². The molecule has 0 radical (unpaired) electrons. The Morgan fingerprint density at radius 3 is 2.63 bits per heavy atom. The van der Waals surface area contributed by atoms with Crippen LogP contribution in [0.2, 0.25) is 0 Å². The summed E-state index contributed by atoms with van der Waals surface area (Å²) in [6, 6.07) is 0. The Morgan fingerprint density at radius 1 is 1.26 bits per heavy atom. The lowest BCUT2D eigenvalue weighted by Crippen LogP contribution is -2.36. The molecule has 0 unspecified atom stereocenters. The smallest absolute Gasteiger partial charge is 0.229 e. The maximum absolute atomic E-state index is 5.29. The van der Waals surface area contributed by atoms with Gasteiger partial charge < -0.3 is 9.84 Å². The zero-order chi connectivity index (χ0) is 12.4. The van der Waals surface area contributed by atoms with Crippen LogP contribution in [-0.2, 0) is 6.54 Å². The first-order valence-electron chi connectivity index (χ1n) is 7.04. The summed E-state index contributed by atoms with van der Waals surface area (Å²) in [6.45, 7) is 4.30. The van der Waals surface area contributed by atoms with Gasteiger partial charge >= 0.3 is 0 Å². The van der Waals surface area contributed by atoms with Crippen molar-refractivity contribution in [3.63, 3.8) is 0 Å². The van der Waals surface area contributed by atoms with Gasteiger partial charge in [0.25, 0.3) is 0 Å². The third-order valence-electron chi connectivity index (χ3n) is 3.98. The molecule has 0 atom stereocenters. The number of aromatic nitrogens is 2. The van der Waals surface area contributed by atoms with Crippen LogP contribution in [0.3, 0.4) is 0 Å². The largest absolute Gasteiger partial charge is 0.339 e. The second-order valence-corrected chi connectivity index (χ2v) is 5.60. The van der Waals surface area contributed by atoms with Gasteiger partial charge in [-0.1, -0.05) is 5.16 Å². The normalized spacial score (nSPS) is 21.3. The van der Waals surface area contributed by atoms with Crippen molar-refractivity contribution in [2.24, 2.45) is 5.92 Å². The number of halogens is 1. The van der Waals surface area contributed by atoms with Crippen molar-refractivity contribution < 1.29 is 4.52 Å². The molecule has 6 heteroatoms. The summed E-state index contributed by atoms with van der Waals surface area (Å²) < 4.78 is 5.29. The molecule has 1 aliphatic heterocycles. The monoisotopic (exact) mass is 286 g/mol. The summed E-state index contributed by atoms with van der Waals surface area (Å²) in [4.78, 5) is 6.93. The zero-order valence-corrected chi connectivity index (χ0v) is 12.3. The quantitative estimate of drug-likeness (QED) is 0.894. The van der Waals surface area contributed by atoms with E-state index in [-0.39, 0.29) is 12.4 Å². The Morgan fingerprint density at radius 2 is 2.00 bits per heavy atom. The highest BCUT2D eigenvalue weighted by Crippen LogP contribution is 2.38. The van der Waals surface area contributed by atoms with E-state index in [1.54, 1.807) is 0 Å². The van der Waals surface area contributed by atoms with Crippen LogP contribution in [0.15, 0.2) is 4.52 Å². The highest BCUT2D eigenvalue weighted by atomic mass is 35.5. The standard InChI is InChI=1S/C13H22N4O.ClH/c1-14-8-10-4-6-17(7-5-10)9-12-15-13(18-16-12)11-2-3-11;/h10-11,14H,2-9H2,1H3;1H. The Bertz CT molecular complexity index is 386. The summed E-state index contributed by atoms with van der Waals surface area (Å²) in [6.07, 6.45) is 4.98. The van der Waals surface area contributed by atoms with Gasteiger partial charge in [0.15, 0.2) is 5.82 Å². The molecule has 1 saturated carbocycles. The van der Waals surface area contributed by atoms with Gasteiger partial charge in [0.2, 0.25) is 5.89 Å². The second-order valence-electron chi connectivity index (χ2n) is 5.60. The molecular weight excluding hydrogens is 264 g/mol. The second kappa shape index (κ2) is 6.68. The molecular formula is C13H23ClN4O. The number of likely N-dealkylation sites (tertiary alicyclic amines) is 1. The average Bonchev–Trinajstić information content (AvgIpc) is 3.13. The summed E-state index contributed by atoms with van der Waals surface area (Å²) in [7, 11) is 2.03.